The van der Waals surface area contributed by atoms with Crippen molar-refractivity contribution in [2.45, 2.75) is 13.3 Å². The van der Waals surface area contributed by atoms with Crippen molar-refractivity contribution in [2.75, 3.05) is 52.5 Å². The number of nitrogens with zero attached hydrogens (tertiary/aromatic N) is 2. The zero-order valence-corrected chi connectivity index (χ0v) is 14.2. The molecular formula is C17H26F2N4O. The molecule has 0 aromatic heterocycles. The number of benzene rings is 1. The van der Waals surface area contributed by atoms with Crippen molar-refractivity contribution in [2.24, 2.45) is 4.99 Å². The van der Waals surface area contributed by atoms with Crippen LogP contribution in [0.4, 0.5) is 8.78 Å². The Kier molecular flexibility index (Phi) is 7.91. The van der Waals surface area contributed by atoms with Crippen LogP contribution in [0, 0.1) is 11.6 Å². The van der Waals surface area contributed by atoms with Crippen LogP contribution in [0.5, 0.6) is 0 Å². The molecule has 2 rings (SSSR count). The lowest BCUT2D eigenvalue weighted by atomic mass is 10.1. The summed E-state index contributed by atoms with van der Waals surface area (Å²) in [4.78, 5) is 6.86. The van der Waals surface area contributed by atoms with E-state index in [0.29, 0.717) is 25.1 Å². The molecule has 1 aromatic carbocycles. The Morgan fingerprint density at radius 1 is 1.17 bits per heavy atom. The van der Waals surface area contributed by atoms with Gasteiger partial charge < -0.3 is 15.4 Å². The standard InChI is InChI=1S/C17H26F2N4O/c1-2-20-17(22-5-6-23-7-9-24-10-8-23)21-4-3-14-11-15(18)13-16(19)12-14/h11-13H,2-10H2,1H3,(H2,20,21,22). The maximum atomic E-state index is 13.2. The molecule has 0 aliphatic carbocycles. The van der Waals surface area contributed by atoms with Crippen molar-refractivity contribution in [1.29, 1.82) is 0 Å². The summed E-state index contributed by atoms with van der Waals surface area (Å²) in [6, 6.07) is 3.59. The molecule has 1 aliphatic heterocycles. The van der Waals surface area contributed by atoms with Gasteiger partial charge in [0.25, 0.3) is 0 Å². The third kappa shape index (κ3) is 6.80. The number of morpholine rings is 1. The molecule has 1 heterocycles. The summed E-state index contributed by atoms with van der Waals surface area (Å²) in [5, 5.41) is 6.37. The van der Waals surface area contributed by atoms with E-state index in [1.165, 1.54) is 12.1 Å². The van der Waals surface area contributed by atoms with Crippen molar-refractivity contribution in [3.8, 4) is 0 Å². The minimum Gasteiger partial charge on any atom is -0.379 e. The molecule has 1 saturated heterocycles. The minimum absolute atomic E-state index is 0.530. The second-order valence-corrected chi connectivity index (χ2v) is 5.67. The van der Waals surface area contributed by atoms with Crippen molar-refractivity contribution in [3.63, 3.8) is 0 Å². The third-order valence-corrected chi connectivity index (χ3v) is 3.76. The Hall–Kier alpha value is -1.73. The Bertz CT molecular complexity index is 513. The number of hydrogen-bond acceptors (Lipinski definition) is 3. The molecule has 24 heavy (non-hydrogen) atoms. The van der Waals surface area contributed by atoms with Gasteiger partial charge in [-0.15, -0.1) is 0 Å². The fourth-order valence-corrected chi connectivity index (χ4v) is 2.55. The first-order chi connectivity index (χ1) is 11.7. The summed E-state index contributed by atoms with van der Waals surface area (Å²) < 4.78 is 31.7. The highest BCUT2D eigenvalue weighted by molar-refractivity contribution is 5.79. The highest BCUT2D eigenvalue weighted by atomic mass is 19.1. The van der Waals surface area contributed by atoms with Gasteiger partial charge in [-0.2, -0.15) is 0 Å². The lowest BCUT2D eigenvalue weighted by Gasteiger charge is -2.25. The smallest absolute Gasteiger partial charge is 0.191 e. The predicted octanol–water partition coefficient (Wildman–Crippen LogP) is 1.39. The molecule has 0 amide bonds. The first kappa shape index (κ1) is 18.6. The van der Waals surface area contributed by atoms with Gasteiger partial charge in [-0.05, 0) is 31.0 Å². The molecule has 1 aromatic rings. The van der Waals surface area contributed by atoms with Gasteiger partial charge in [-0.3, -0.25) is 9.89 Å². The molecule has 7 heteroatoms. The average molecular weight is 340 g/mol. The van der Waals surface area contributed by atoms with E-state index < -0.39 is 11.6 Å². The molecule has 0 atom stereocenters. The largest absolute Gasteiger partial charge is 0.379 e. The molecular weight excluding hydrogens is 314 g/mol. The van der Waals surface area contributed by atoms with Crippen LogP contribution in [-0.4, -0.2) is 63.3 Å². The lowest BCUT2D eigenvalue weighted by Crippen LogP contribution is -2.40. The SMILES string of the molecule is CCNC(=NCCN1CCOCC1)NCCc1cc(F)cc(F)c1. The molecule has 2 N–H and O–H groups in total. The maximum absolute atomic E-state index is 13.2. The summed E-state index contributed by atoms with van der Waals surface area (Å²) in [6.07, 6.45) is 0.530. The zero-order valence-electron chi connectivity index (χ0n) is 14.2. The van der Waals surface area contributed by atoms with E-state index in [0.717, 1.165) is 51.4 Å². The molecule has 0 unspecified atom stereocenters. The number of ether oxygens (including phenoxy) is 1. The maximum Gasteiger partial charge on any atom is 0.191 e. The number of aliphatic imine (C=N–C) groups is 1. The molecule has 134 valence electrons. The normalized spacial score (nSPS) is 16.2. The molecule has 1 aliphatic rings. The highest BCUT2D eigenvalue weighted by Crippen LogP contribution is 2.08. The van der Waals surface area contributed by atoms with E-state index in [-0.39, 0.29) is 0 Å². The molecule has 0 spiro atoms. The van der Waals surface area contributed by atoms with E-state index in [1.807, 2.05) is 6.92 Å². The van der Waals surface area contributed by atoms with E-state index in [1.54, 1.807) is 0 Å². The fourth-order valence-electron chi connectivity index (χ4n) is 2.55. The number of hydrogen-bond donors (Lipinski definition) is 2. The highest BCUT2D eigenvalue weighted by Gasteiger charge is 2.09. The van der Waals surface area contributed by atoms with Gasteiger partial charge in [0.2, 0.25) is 0 Å². The topological polar surface area (TPSA) is 48.9 Å². The predicted molar refractivity (Wildman–Crippen MR) is 91.3 cm³/mol. The fraction of sp³-hybridized carbons (Fsp3) is 0.588. The molecule has 0 radical (unpaired) electrons. The minimum atomic E-state index is -0.545. The first-order valence-electron chi connectivity index (χ1n) is 8.44. The van der Waals surface area contributed by atoms with Crippen LogP contribution in [0.3, 0.4) is 0 Å². The third-order valence-electron chi connectivity index (χ3n) is 3.76. The van der Waals surface area contributed by atoms with E-state index >= 15 is 0 Å². The van der Waals surface area contributed by atoms with Gasteiger partial charge in [-0.1, -0.05) is 0 Å². The lowest BCUT2D eigenvalue weighted by molar-refractivity contribution is 0.0394. The van der Waals surface area contributed by atoms with Crippen LogP contribution in [0.25, 0.3) is 0 Å². The molecule has 0 saturated carbocycles. The number of nitrogens with one attached hydrogen (secondary N) is 2. The molecule has 5 nitrogen and oxygen atoms in total. The van der Waals surface area contributed by atoms with Gasteiger partial charge >= 0.3 is 0 Å². The van der Waals surface area contributed by atoms with Crippen molar-refractivity contribution >= 4 is 5.96 Å². The number of rotatable bonds is 7. The quantitative estimate of drug-likeness (QED) is 0.582. The van der Waals surface area contributed by atoms with Crippen molar-refractivity contribution in [1.82, 2.24) is 15.5 Å². The average Bonchev–Trinajstić information content (AvgIpc) is 2.55. The van der Waals surface area contributed by atoms with Gasteiger partial charge in [0, 0.05) is 38.8 Å². The van der Waals surface area contributed by atoms with E-state index in [4.69, 9.17) is 4.74 Å². The monoisotopic (exact) mass is 340 g/mol. The number of guanidine groups is 1. The van der Waals surface area contributed by atoms with Crippen molar-refractivity contribution < 1.29 is 13.5 Å². The van der Waals surface area contributed by atoms with Crippen LogP contribution in [0.1, 0.15) is 12.5 Å². The van der Waals surface area contributed by atoms with E-state index in [2.05, 4.69) is 20.5 Å². The van der Waals surface area contributed by atoms with E-state index in [9.17, 15) is 8.78 Å². The van der Waals surface area contributed by atoms with Crippen LogP contribution in [-0.2, 0) is 11.2 Å². The summed E-state index contributed by atoms with van der Waals surface area (Å²) in [7, 11) is 0. The zero-order chi connectivity index (χ0) is 17.2. The van der Waals surface area contributed by atoms with Crippen LogP contribution in [0.2, 0.25) is 0 Å². The Morgan fingerprint density at radius 2 is 1.88 bits per heavy atom. The van der Waals surface area contributed by atoms with Crippen LogP contribution < -0.4 is 10.6 Å². The second-order valence-electron chi connectivity index (χ2n) is 5.67. The Labute approximate surface area is 142 Å². The van der Waals surface area contributed by atoms with Crippen molar-refractivity contribution in [3.05, 3.63) is 35.4 Å². The summed E-state index contributed by atoms with van der Waals surface area (Å²) in [5.74, 6) is -0.366. The second kappa shape index (κ2) is 10.2. The first-order valence-corrected chi connectivity index (χ1v) is 8.44. The summed E-state index contributed by atoms with van der Waals surface area (Å²) >= 11 is 0. The van der Waals surface area contributed by atoms with Crippen LogP contribution in [0.15, 0.2) is 23.2 Å². The summed E-state index contributed by atoms with van der Waals surface area (Å²) in [5.41, 5.74) is 0.629. The molecule has 1 fully saturated rings. The van der Waals surface area contributed by atoms with Gasteiger partial charge in [0.15, 0.2) is 5.96 Å². The number of halogens is 2. The van der Waals surface area contributed by atoms with Gasteiger partial charge in [0.05, 0.1) is 19.8 Å². The summed E-state index contributed by atoms with van der Waals surface area (Å²) in [6.45, 7) is 8.39. The van der Waals surface area contributed by atoms with Crippen LogP contribution >= 0.6 is 0 Å². The Balaban J connectivity index is 1.76. The van der Waals surface area contributed by atoms with Gasteiger partial charge in [-0.25, -0.2) is 8.78 Å². The Morgan fingerprint density at radius 3 is 2.54 bits per heavy atom. The van der Waals surface area contributed by atoms with Gasteiger partial charge in [0.1, 0.15) is 11.6 Å². The molecule has 0 bridgehead atoms.